The SMILES string of the molecule is COC(C)C(=O)NCC(N)C1CC1. The Bertz CT molecular complexity index is 180. The largest absolute Gasteiger partial charge is 0.372 e. The fourth-order valence-corrected chi connectivity index (χ4v) is 1.16. The monoisotopic (exact) mass is 186 g/mol. The molecule has 0 heterocycles. The molecule has 2 unspecified atom stereocenters. The van der Waals surface area contributed by atoms with Crippen molar-refractivity contribution in [2.75, 3.05) is 13.7 Å². The molecule has 1 aliphatic rings. The molecule has 0 spiro atoms. The summed E-state index contributed by atoms with van der Waals surface area (Å²) in [5.74, 6) is 0.539. The average molecular weight is 186 g/mol. The molecule has 76 valence electrons. The van der Waals surface area contributed by atoms with Crippen LogP contribution >= 0.6 is 0 Å². The Hall–Kier alpha value is -0.610. The maximum atomic E-state index is 11.2. The zero-order valence-corrected chi connectivity index (χ0v) is 8.25. The van der Waals surface area contributed by atoms with E-state index < -0.39 is 0 Å². The molecule has 0 saturated heterocycles. The molecule has 1 rings (SSSR count). The summed E-state index contributed by atoms with van der Waals surface area (Å²) in [6, 6.07) is 0.119. The molecule has 4 heteroatoms. The van der Waals surface area contributed by atoms with Gasteiger partial charge in [0.05, 0.1) is 0 Å². The number of carbonyl (C=O) groups is 1. The first-order valence-corrected chi connectivity index (χ1v) is 4.71. The van der Waals surface area contributed by atoms with Gasteiger partial charge in [0.1, 0.15) is 6.10 Å². The van der Waals surface area contributed by atoms with E-state index in [4.69, 9.17) is 10.5 Å². The molecule has 1 saturated carbocycles. The highest BCUT2D eigenvalue weighted by Gasteiger charge is 2.28. The molecule has 13 heavy (non-hydrogen) atoms. The van der Waals surface area contributed by atoms with Crippen LogP contribution in [0, 0.1) is 5.92 Å². The number of rotatable bonds is 5. The van der Waals surface area contributed by atoms with Gasteiger partial charge >= 0.3 is 0 Å². The number of nitrogens with one attached hydrogen (secondary N) is 1. The molecule has 1 aliphatic carbocycles. The average Bonchev–Trinajstić information content (AvgIpc) is 2.95. The normalized spacial score (nSPS) is 20.8. The number of carbonyl (C=O) groups excluding carboxylic acids is 1. The Kier molecular flexibility index (Phi) is 3.69. The van der Waals surface area contributed by atoms with E-state index in [-0.39, 0.29) is 18.1 Å². The van der Waals surface area contributed by atoms with Crippen LogP contribution in [0.15, 0.2) is 0 Å². The first-order chi connectivity index (χ1) is 6.15. The van der Waals surface area contributed by atoms with Crippen LogP contribution in [-0.2, 0) is 9.53 Å². The minimum absolute atomic E-state index is 0.0846. The van der Waals surface area contributed by atoms with Gasteiger partial charge in [-0.1, -0.05) is 0 Å². The van der Waals surface area contributed by atoms with E-state index in [1.54, 1.807) is 6.92 Å². The van der Waals surface area contributed by atoms with Crippen molar-refractivity contribution in [3.8, 4) is 0 Å². The lowest BCUT2D eigenvalue weighted by Crippen LogP contribution is -2.42. The number of amides is 1. The molecule has 0 aliphatic heterocycles. The second kappa shape index (κ2) is 4.58. The maximum absolute atomic E-state index is 11.2. The minimum atomic E-state index is -0.383. The van der Waals surface area contributed by atoms with Crippen LogP contribution in [0.25, 0.3) is 0 Å². The van der Waals surface area contributed by atoms with E-state index in [0.717, 1.165) is 0 Å². The standard InChI is InChI=1S/C9H18N2O2/c1-6(13-2)9(12)11-5-8(10)7-3-4-7/h6-8H,3-5,10H2,1-2H3,(H,11,12). The molecule has 0 bridgehead atoms. The van der Waals surface area contributed by atoms with Crippen molar-refractivity contribution in [2.24, 2.45) is 11.7 Å². The lowest BCUT2D eigenvalue weighted by atomic mass is 10.2. The van der Waals surface area contributed by atoms with Gasteiger partial charge < -0.3 is 15.8 Å². The molecular weight excluding hydrogens is 168 g/mol. The molecule has 2 atom stereocenters. The van der Waals surface area contributed by atoms with Gasteiger partial charge in [0.2, 0.25) is 5.91 Å². The highest BCUT2D eigenvalue weighted by atomic mass is 16.5. The van der Waals surface area contributed by atoms with Gasteiger partial charge in [0, 0.05) is 19.7 Å². The van der Waals surface area contributed by atoms with Crippen molar-refractivity contribution in [3.63, 3.8) is 0 Å². The summed E-state index contributed by atoms with van der Waals surface area (Å²) in [6.45, 7) is 2.29. The number of hydrogen-bond acceptors (Lipinski definition) is 3. The smallest absolute Gasteiger partial charge is 0.248 e. The van der Waals surface area contributed by atoms with Gasteiger partial charge in [-0.25, -0.2) is 0 Å². The van der Waals surface area contributed by atoms with Crippen LogP contribution in [0.1, 0.15) is 19.8 Å². The third-order valence-electron chi connectivity index (χ3n) is 2.46. The van der Waals surface area contributed by atoms with Crippen molar-refractivity contribution in [3.05, 3.63) is 0 Å². The molecule has 1 fully saturated rings. The van der Waals surface area contributed by atoms with Crippen LogP contribution in [0.3, 0.4) is 0 Å². The number of ether oxygens (including phenoxy) is 1. The summed E-state index contributed by atoms with van der Waals surface area (Å²) in [5, 5.41) is 2.77. The van der Waals surface area contributed by atoms with Gasteiger partial charge in [-0.15, -0.1) is 0 Å². The molecule has 0 aromatic rings. The van der Waals surface area contributed by atoms with Crippen LogP contribution < -0.4 is 11.1 Å². The van der Waals surface area contributed by atoms with Crippen molar-refractivity contribution >= 4 is 5.91 Å². The molecule has 0 aromatic carbocycles. The maximum Gasteiger partial charge on any atom is 0.248 e. The van der Waals surface area contributed by atoms with E-state index in [9.17, 15) is 4.79 Å². The van der Waals surface area contributed by atoms with Crippen molar-refractivity contribution in [2.45, 2.75) is 31.9 Å². The number of nitrogens with two attached hydrogens (primary N) is 1. The van der Waals surface area contributed by atoms with Crippen LogP contribution in [0.5, 0.6) is 0 Å². The first kappa shape index (κ1) is 10.5. The minimum Gasteiger partial charge on any atom is -0.372 e. The fourth-order valence-electron chi connectivity index (χ4n) is 1.16. The summed E-state index contributed by atoms with van der Waals surface area (Å²) in [6.07, 6.45) is 2.03. The van der Waals surface area contributed by atoms with Gasteiger partial charge in [-0.05, 0) is 25.7 Å². The van der Waals surface area contributed by atoms with Crippen molar-refractivity contribution in [1.82, 2.24) is 5.32 Å². The van der Waals surface area contributed by atoms with Gasteiger partial charge in [-0.3, -0.25) is 4.79 Å². The molecule has 4 nitrogen and oxygen atoms in total. The van der Waals surface area contributed by atoms with E-state index >= 15 is 0 Å². The highest BCUT2D eigenvalue weighted by molar-refractivity contribution is 5.80. The Labute approximate surface area is 78.8 Å². The molecule has 0 radical (unpaired) electrons. The fraction of sp³-hybridized carbons (Fsp3) is 0.889. The van der Waals surface area contributed by atoms with E-state index in [2.05, 4.69) is 5.32 Å². The quantitative estimate of drug-likeness (QED) is 0.629. The zero-order valence-electron chi connectivity index (χ0n) is 8.25. The lowest BCUT2D eigenvalue weighted by molar-refractivity contribution is -0.130. The second-order valence-electron chi connectivity index (χ2n) is 3.62. The first-order valence-electron chi connectivity index (χ1n) is 4.71. The summed E-state index contributed by atoms with van der Waals surface area (Å²) in [5.41, 5.74) is 5.81. The van der Waals surface area contributed by atoms with Gasteiger partial charge in [-0.2, -0.15) is 0 Å². The lowest BCUT2D eigenvalue weighted by Gasteiger charge is -2.14. The number of methoxy groups -OCH3 is 1. The zero-order chi connectivity index (χ0) is 9.84. The van der Waals surface area contributed by atoms with E-state index in [1.165, 1.54) is 20.0 Å². The summed E-state index contributed by atoms with van der Waals surface area (Å²) in [4.78, 5) is 11.2. The molecule has 0 aromatic heterocycles. The molecule has 3 N–H and O–H groups in total. The summed E-state index contributed by atoms with van der Waals surface area (Å²) >= 11 is 0. The Morgan fingerprint density at radius 1 is 1.69 bits per heavy atom. The predicted molar refractivity (Wildman–Crippen MR) is 50.2 cm³/mol. The highest BCUT2D eigenvalue weighted by Crippen LogP contribution is 2.31. The Morgan fingerprint density at radius 2 is 2.31 bits per heavy atom. The van der Waals surface area contributed by atoms with Crippen LogP contribution in [0.2, 0.25) is 0 Å². The van der Waals surface area contributed by atoms with Crippen LogP contribution in [0.4, 0.5) is 0 Å². The van der Waals surface area contributed by atoms with E-state index in [0.29, 0.717) is 12.5 Å². The third kappa shape index (κ3) is 3.32. The number of hydrogen-bond donors (Lipinski definition) is 2. The second-order valence-corrected chi connectivity index (χ2v) is 3.62. The Morgan fingerprint density at radius 3 is 2.77 bits per heavy atom. The third-order valence-corrected chi connectivity index (χ3v) is 2.46. The summed E-state index contributed by atoms with van der Waals surface area (Å²) in [7, 11) is 1.52. The van der Waals surface area contributed by atoms with Crippen molar-refractivity contribution < 1.29 is 9.53 Å². The Balaban J connectivity index is 2.13. The molecule has 1 amide bonds. The predicted octanol–water partition coefficient (Wildman–Crippen LogP) is -0.125. The molecular formula is C9H18N2O2. The summed E-state index contributed by atoms with van der Waals surface area (Å²) < 4.78 is 4.87. The van der Waals surface area contributed by atoms with E-state index in [1.807, 2.05) is 0 Å². The van der Waals surface area contributed by atoms with Gasteiger partial charge in [0.25, 0.3) is 0 Å². The topological polar surface area (TPSA) is 64.3 Å². The van der Waals surface area contributed by atoms with Crippen LogP contribution in [-0.4, -0.2) is 31.7 Å². The van der Waals surface area contributed by atoms with Crippen molar-refractivity contribution in [1.29, 1.82) is 0 Å². The van der Waals surface area contributed by atoms with Gasteiger partial charge in [0.15, 0.2) is 0 Å².